The van der Waals surface area contributed by atoms with Crippen molar-refractivity contribution in [3.8, 4) is 0 Å². The SMILES string of the molecule is CCC[CH]OC(CC)CC. The summed E-state index contributed by atoms with van der Waals surface area (Å²) in [5.74, 6) is 0. The quantitative estimate of drug-likeness (QED) is 0.519. The highest BCUT2D eigenvalue weighted by molar-refractivity contribution is 4.56. The van der Waals surface area contributed by atoms with E-state index in [0.29, 0.717) is 6.10 Å². The van der Waals surface area contributed by atoms with E-state index in [2.05, 4.69) is 20.8 Å². The van der Waals surface area contributed by atoms with Gasteiger partial charge in [-0.15, -0.1) is 0 Å². The van der Waals surface area contributed by atoms with Crippen LogP contribution < -0.4 is 0 Å². The summed E-state index contributed by atoms with van der Waals surface area (Å²) >= 11 is 0. The molecule has 0 aromatic heterocycles. The first kappa shape index (κ1) is 9.96. The van der Waals surface area contributed by atoms with Gasteiger partial charge in [0.25, 0.3) is 0 Å². The van der Waals surface area contributed by atoms with Gasteiger partial charge in [0.05, 0.1) is 12.7 Å². The lowest BCUT2D eigenvalue weighted by atomic mass is 10.2. The smallest absolute Gasteiger partial charge is 0.0840 e. The minimum Gasteiger partial charge on any atom is -0.372 e. The van der Waals surface area contributed by atoms with E-state index in [0.717, 1.165) is 19.3 Å². The van der Waals surface area contributed by atoms with Crippen molar-refractivity contribution in [1.29, 1.82) is 0 Å². The maximum Gasteiger partial charge on any atom is 0.0840 e. The van der Waals surface area contributed by atoms with Gasteiger partial charge in [0.1, 0.15) is 0 Å². The van der Waals surface area contributed by atoms with E-state index in [-0.39, 0.29) is 0 Å². The van der Waals surface area contributed by atoms with E-state index in [1.54, 1.807) is 0 Å². The van der Waals surface area contributed by atoms with Gasteiger partial charge in [0, 0.05) is 0 Å². The molecule has 1 radical (unpaired) electrons. The lowest BCUT2D eigenvalue weighted by molar-refractivity contribution is 0.0937. The van der Waals surface area contributed by atoms with Crippen LogP contribution in [0.2, 0.25) is 0 Å². The molecule has 0 unspecified atom stereocenters. The van der Waals surface area contributed by atoms with Gasteiger partial charge in [-0.05, 0) is 19.3 Å². The maximum atomic E-state index is 5.46. The summed E-state index contributed by atoms with van der Waals surface area (Å²) < 4.78 is 5.46. The van der Waals surface area contributed by atoms with Crippen LogP contribution in [0, 0.1) is 6.61 Å². The third-order valence-corrected chi connectivity index (χ3v) is 1.61. The van der Waals surface area contributed by atoms with E-state index in [1.807, 2.05) is 6.61 Å². The second-order valence-electron chi connectivity index (χ2n) is 2.53. The van der Waals surface area contributed by atoms with E-state index in [4.69, 9.17) is 4.74 Å². The van der Waals surface area contributed by atoms with Crippen LogP contribution in [-0.2, 0) is 4.74 Å². The largest absolute Gasteiger partial charge is 0.372 e. The Hall–Kier alpha value is -0.0400. The molecule has 61 valence electrons. The molecule has 0 bridgehead atoms. The Morgan fingerprint density at radius 1 is 1.20 bits per heavy atom. The van der Waals surface area contributed by atoms with Crippen molar-refractivity contribution in [2.45, 2.75) is 52.6 Å². The first-order chi connectivity index (χ1) is 4.85. The van der Waals surface area contributed by atoms with Gasteiger partial charge >= 0.3 is 0 Å². The summed E-state index contributed by atoms with van der Waals surface area (Å²) in [5, 5.41) is 0. The molecule has 0 spiro atoms. The lowest BCUT2D eigenvalue weighted by Crippen LogP contribution is -2.07. The lowest BCUT2D eigenvalue weighted by Gasteiger charge is -2.12. The minimum absolute atomic E-state index is 0.451. The average molecular weight is 143 g/mol. The van der Waals surface area contributed by atoms with E-state index in [9.17, 15) is 0 Å². The van der Waals surface area contributed by atoms with Gasteiger partial charge in [-0.25, -0.2) is 0 Å². The fourth-order valence-corrected chi connectivity index (χ4v) is 0.803. The molecule has 0 heterocycles. The third kappa shape index (κ3) is 4.80. The van der Waals surface area contributed by atoms with Crippen LogP contribution >= 0.6 is 0 Å². The van der Waals surface area contributed by atoms with Gasteiger partial charge in [-0.3, -0.25) is 0 Å². The standard InChI is InChI=1S/C9H19O/c1-4-7-8-10-9(5-2)6-3/h8-9H,4-7H2,1-3H3. The average Bonchev–Trinajstić information content (AvgIpc) is 1.99. The van der Waals surface area contributed by atoms with Crippen molar-refractivity contribution >= 4 is 0 Å². The van der Waals surface area contributed by atoms with Crippen molar-refractivity contribution in [1.82, 2.24) is 0 Å². The zero-order valence-corrected chi connectivity index (χ0v) is 7.39. The van der Waals surface area contributed by atoms with Gasteiger partial charge < -0.3 is 4.74 Å². The number of ether oxygens (including phenoxy) is 1. The zero-order valence-electron chi connectivity index (χ0n) is 7.39. The Kier molecular flexibility index (Phi) is 7.04. The van der Waals surface area contributed by atoms with Crippen LogP contribution in [0.3, 0.4) is 0 Å². The van der Waals surface area contributed by atoms with Crippen molar-refractivity contribution in [2.24, 2.45) is 0 Å². The number of rotatable bonds is 6. The molecule has 0 aliphatic heterocycles. The van der Waals surface area contributed by atoms with E-state index >= 15 is 0 Å². The molecule has 1 heteroatoms. The van der Waals surface area contributed by atoms with Crippen molar-refractivity contribution in [2.75, 3.05) is 0 Å². The van der Waals surface area contributed by atoms with E-state index < -0.39 is 0 Å². The molecule has 0 rings (SSSR count). The molecule has 0 atom stereocenters. The minimum atomic E-state index is 0.451. The predicted octanol–water partition coefficient (Wildman–Crippen LogP) is 3.15. The zero-order chi connectivity index (χ0) is 7.82. The Morgan fingerprint density at radius 2 is 1.80 bits per heavy atom. The summed E-state index contributed by atoms with van der Waals surface area (Å²) in [5.41, 5.74) is 0. The number of hydrogen-bond acceptors (Lipinski definition) is 1. The monoisotopic (exact) mass is 143 g/mol. The normalized spacial score (nSPS) is 10.8. The fraction of sp³-hybridized carbons (Fsp3) is 0.889. The molecule has 0 saturated carbocycles. The molecule has 0 N–H and O–H groups in total. The van der Waals surface area contributed by atoms with Crippen molar-refractivity contribution in [3.63, 3.8) is 0 Å². The predicted molar refractivity (Wildman–Crippen MR) is 44.7 cm³/mol. The molecule has 1 nitrogen and oxygen atoms in total. The Balaban J connectivity index is 3.09. The fourth-order valence-electron chi connectivity index (χ4n) is 0.803. The molecule has 0 aliphatic carbocycles. The number of hydrogen-bond donors (Lipinski definition) is 0. The van der Waals surface area contributed by atoms with Crippen LogP contribution in [0.4, 0.5) is 0 Å². The molecule has 0 fully saturated rings. The molecular weight excluding hydrogens is 124 g/mol. The van der Waals surface area contributed by atoms with Gasteiger partial charge in [0.15, 0.2) is 0 Å². The maximum absolute atomic E-state index is 5.46. The summed E-state index contributed by atoms with van der Waals surface area (Å²) in [6, 6.07) is 0. The second kappa shape index (κ2) is 7.07. The molecule has 0 aromatic rings. The van der Waals surface area contributed by atoms with Crippen LogP contribution in [0.25, 0.3) is 0 Å². The Bertz CT molecular complexity index is 57.7. The topological polar surface area (TPSA) is 9.23 Å². The molecule has 0 aliphatic rings. The third-order valence-electron chi connectivity index (χ3n) is 1.61. The number of unbranched alkanes of at least 4 members (excludes halogenated alkanes) is 1. The van der Waals surface area contributed by atoms with Crippen LogP contribution in [0.5, 0.6) is 0 Å². The highest BCUT2D eigenvalue weighted by Crippen LogP contribution is 2.06. The van der Waals surface area contributed by atoms with Gasteiger partial charge in [-0.1, -0.05) is 27.2 Å². The molecular formula is C9H19O. The van der Waals surface area contributed by atoms with Crippen LogP contribution in [0.1, 0.15) is 46.5 Å². The second-order valence-corrected chi connectivity index (χ2v) is 2.53. The van der Waals surface area contributed by atoms with E-state index in [1.165, 1.54) is 6.42 Å². The van der Waals surface area contributed by atoms with Gasteiger partial charge in [0.2, 0.25) is 0 Å². The Morgan fingerprint density at radius 3 is 2.20 bits per heavy atom. The Labute approximate surface area is 64.8 Å². The van der Waals surface area contributed by atoms with Crippen molar-refractivity contribution < 1.29 is 4.74 Å². The van der Waals surface area contributed by atoms with Crippen LogP contribution in [-0.4, -0.2) is 6.10 Å². The molecule has 10 heavy (non-hydrogen) atoms. The van der Waals surface area contributed by atoms with Gasteiger partial charge in [-0.2, -0.15) is 0 Å². The summed E-state index contributed by atoms with van der Waals surface area (Å²) in [7, 11) is 0. The molecule has 0 saturated heterocycles. The summed E-state index contributed by atoms with van der Waals surface area (Å²) in [6.07, 6.45) is 4.95. The highest BCUT2D eigenvalue weighted by atomic mass is 16.5. The first-order valence-corrected chi connectivity index (χ1v) is 4.32. The highest BCUT2D eigenvalue weighted by Gasteiger charge is 2.01. The van der Waals surface area contributed by atoms with Crippen LogP contribution in [0.15, 0.2) is 0 Å². The summed E-state index contributed by atoms with van der Waals surface area (Å²) in [6.45, 7) is 8.42. The summed E-state index contributed by atoms with van der Waals surface area (Å²) in [4.78, 5) is 0. The van der Waals surface area contributed by atoms with Crippen molar-refractivity contribution in [3.05, 3.63) is 6.61 Å². The molecule has 0 amide bonds. The molecule has 0 aromatic carbocycles. The first-order valence-electron chi connectivity index (χ1n) is 4.32.